The Hall–Kier alpha value is -2.38. The van der Waals surface area contributed by atoms with Crippen molar-refractivity contribution in [2.45, 2.75) is 132 Å². The first kappa shape index (κ1) is 36.0. The van der Waals surface area contributed by atoms with Crippen LogP contribution in [0.2, 0.25) is 5.02 Å². The van der Waals surface area contributed by atoms with E-state index in [4.69, 9.17) is 21.1 Å². The summed E-state index contributed by atoms with van der Waals surface area (Å²) in [7, 11) is 0. The van der Waals surface area contributed by atoms with Crippen LogP contribution in [0.3, 0.4) is 0 Å². The standard InChI is InChI=1S/C42H60ClN3O4/c1-9-22-49-32-12-10-28(23-31(32)43)46-24-27(44-45-46)25-50-37(48)42-19-14-29(26(2)3)36(42)30-11-13-34-39(6)17-16-35(47)38(4,5)33(39)15-18-41(34,8)40(30,7)20-21-42/h10,12,23-24,29-30,33-36,47H,2,9,11,13-22,25H2,1,3-8H3/t29-,30+,33-,34+,35-,36+,39-,40+,41+,42-/m0/s1. The third kappa shape index (κ3) is 5.24. The average molecular weight is 706 g/mol. The zero-order chi connectivity index (χ0) is 35.9. The number of nitrogens with zero attached hydrogens (tertiary/aromatic N) is 3. The van der Waals surface area contributed by atoms with Crippen molar-refractivity contribution >= 4 is 17.6 Å². The molecule has 274 valence electrons. The van der Waals surface area contributed by atoms with Crippen LogP contribution in [0.5, 0.6) is 5.75 Å². The minimum atomic E-state index is -0.493. The van der Waals surface area contributed by atoms with Gasteiger partial charge in [0.15, 0.2) is 0 Å². The van der Waals surface area contributed by atoms with Crippen molar-refractivity contribution in [3.63, 3.8) is 0 Å². The predicted octanol–water partition coefficient (Wildman–Crippen LogP) is 9.77. The fourth-order valence-corrected chi connectivity index (χ4v) is 13.5. The largest absolute Gasteiger partial charge is 0.492 e. The van der Waals surface area contributed by atoms with E-state index in [0.717, 1.165) is 57.1 Å². The summed E-state index contributed by atoms with van der Waals surface area (Å²) in [6.45, 7) is 21.9. The van der Waals surface area contributed by atoms with E-state index in [1.165, 1.54) is 24.8 Å². The van der Waals surface area contributed by atoms with E-state index in [0.29, 0.717) is 46.7 Å². The molecule has 1 N–H and O–H groups in total. The second-order valence-electron chi connectivity index (χ2n) is 18.4. The normalized spacial score (nSPS) is 40.2. The fraction of sp³-hybridized carbons (Fsp3) is 0.738. The Morgan fingerprint density at radius 3 is 2.50 bits per heavy atom. The summed E-state index contributed by atoms with van der Waals surface area (Å²) in [5, 5.41) is 20.3. The van der Waals surface area contributed by atoms with Gasteiger partial charge in [0.25, 0.3) is 0 Å². The van der Waals surface area contributed by atoms with Gasteiger partial charge in [0.2, 0.25) is 0 Å². The number of allylic oxidation sites excluding steroid dienone is 1. The number of benzene rings is 1. The molecule has 0 aliphatic heterocycles. The fourth-order valence-electron chi connectivity index (χ4n) is 13.2. The predicted molar refractivity (Wildman–Crippen MR) is 197 cm³/mol. The molecule has 5 aliphatic carbocycles. The zero-order valence-corrected chi connectivity index (χ0v) is 32.3. The minimum Gasteiger partial charge on any atom is -0.492 e. The van der Waals surface area contributed by atoms with E-state index in [1.54, 1.807) is 4.68 Å². The quantitative estimate of drug-likeness (QED) is 0.217. The van der Waals surface area contributed by atoms with Gasteiger partial charge in [-0.3, -0.25) is 4.79 Å². The lowest BCUT2D eigenvalue weighted by Crippen LogP contribution is -2.67. The Morgan fingerprint density at radius 1 is 1.00 bits per heavy atom. The number of carbonyl (C=O) groups is 1. The topological polar surface area (TPSA) is 86.5 Å². The second kappa shape index (κ2) is 12.6. The molecule has 0 radical (unpaired) electrons. The molecule has 0 saturated heterocycles. The monoisotopic (exact) mass is 705 g/mol. The van der Waals surface area contributed by atoms with E-state index >= 15 is 0 Å². The Balaban J connectivity index is 1.12. The lowest BCUT2D eigenvalue weighted by Gasteiger charge is -2.72. The summed E-state index contributed by atoms with van der Waals surface area (Å²) in [4.78, 5) is 14.5. The highest BCUT2D eigenvalue weighted by Gasteiger charge is 2.72. The first-order valence-electron chi connectivity index (χ1n) is 19.5. The molecule has 10 atom stereocenters. The number of aromatic nitrogens is 3. The van der Waals surface area contributed by atoms with Crippen molar-refractivity contribution in [1.82, 2.24) is 15.0 Å². The Morgan fingerprint density at radius 2 is 1.78 bits per heavy atom. The molecule has 7 nitrogen and oxygen atoms in total. The molecule has 0 unspecified atom stereocenters. The summed E-state index contributed by atoms with van der Waals surface area (Å²) in [6.07, 6.45) is 13.1. The van der Waals surface area contributed by atoms with Gasteiger partial charge in [-0.05, 0) is 147 Å². The van der Waals surface area contributed by atoms with Gasteiger partial charge in [0, 0.05) is 0 Å². The van der Waals surface area contributed by atoms with Crippen molar-refractivity contribution in [3.05, 3.63) is 47.3 Å². The SMILES string of the molecule is C=C(C)[C@@H]1CC[C@]2(C(=O)OCc3cn(-c4ccc(OCCC)c(Cl)c4)nn3)CC[C@]3(C)[C@H](CC[C@@H]4[C@@]5(C)CC[C@H](O)C(C)(C)[C@@H]5CC[C@]43C)[C@@H]12. The number of aliphatic hydroxyl groups is 1. The van der Waals surface area contributed by atoms with E-state index in [2.05, 4.69) is 65.4 Å². The van der Waals surface area contributed by atoms with Crippen LogP contribution in [0.15, 0.2) is 36.5 Å². The Bertz CT molecular complexity index is 1640. The average Bonchev–Trinajstić information content (AvgIpc) is 3.71. The lowest BCUT2D eigenvalue weighted by atomic mass is 9.32. The molecule has 0 amide bonds. The lowest BCUT2D eigenvalue weighted by molar-refractivity contribution is -0.248. The van der Waals surface area contributed by atoms with Crippen LogP contribution < -0.4 is 4.74 Å². The molecule has 5 fully saturated rings. The van der Waals surface area contributed by atoms with Crippen molar-refractivity contribution in [1.29, 1.82) is 0 Å². The number of rotatable bonds is 8. The van der Waals surface area contributed by atoms with Crippen LogP contribution in [0, 0.1) is 56.7 Å². The molecule has 1 aromatic heterocycles. The van der Waals surface area contributed by atoms with Crippen molar-refractivity contribution in [3.8, 4) is 11.4 Å². The zero-order valence-electron chi connectivity index (χ0n) is 31.6. The van der Waals surface area contributed by atoms with Gasteiger partial charge in [-0.1, -0.05) is 70.5 Å². The van der Waals surface area contributed by atoms with E-state index in [1.807, 2.05) is 24.4 Å². The van der Waals surface area contributed by atoms with Gasteiger partial charge in [-0.25, -0.2) is 4.68 Å². The molecule has 1 aromatic carbocycles. The van der Waals surface area contributed by atoms with E-state index < -0.39 is 5.41 Å². The van der Waals surface area contributed by atoms with Gasteiger partial charge in [0.05, 0.1) is 35.0 Å². The van der Waals surface area contributed by atoms with Crippen molar-refractivity contribution in [2.75, 3.05) is 6.61 Å². The molecule has 8 heteroatoms. The molecule has 7 rings (SSSR count). The third-order valence-corrected chi connectivity index (χ3v) is 16.3. The number of hydrogen-bond acceptors (Lipinski definition) is 6. The summed E-state index contributed by atoms with van der Waals surface area (Å²) in [5.41, 5.74) is 2.61. The number of carbonyl (C=O) groups excluding carboxylic acids is 1. The highest BCUT2D eigenvalue weighted by atomic mass is 35.5. The van der Waals surface area contributed by atoms with Gasteiger partial charge in [-0.15, -0.1) is 5.10 Å². The first-order chi connectivity index (χ1) is 23.6. The molecular formula is C42H60ClN3O4. The molecule has 0 spiro atoms. The van der Waals surface area contributed by atoms with Gasteiger partial charge < -0.3 is 14.6 Å². The van der Waals surface area contributed by atoms with Crippen LogP contribution in [0.25, 0.3) is 5.69 Å². The third-order valence-electron chi connectivity index (χ3n) is 16.0. The van der Waals surface area contributed by atoms with Crippen LogP contribution in [0.4, 0.5) is 0 Å². The summed E-state index contributed by atoms with van der Waals surface area (Å²) in [5.74, 6) is 2.78. The molecule has 5 saturated carbocycles. The molecule has 2 aromatic rings. The molecular weight excluding hydrogens is 646 g/mol. The second-order valence-corrected chi connectivity index (χ2v) is 18.8. The summed E-state index contributed by atoms with van der Waals surface area (Å²) < 4.78 is 13.6. The minimum absolute atomic E-state index is 0.0553. The van der Waals surface area contributed by atoms with Gasteiger partial charge in [0.1, 0.15) is 18.1 Å². The van der Waals surface area contributed by atoms with E-state index in [-0.39, 0.29) is 46.3 Å². The van der Waals surface area contributed by atoms with Crippen molar-refractivity contribution < 1.29 is 19.4 Å². The highest BCUT2D eigenvalue weighted by Crippen LogP contribution is 2.77. The number of ether oxygens (including phenoxy) is 2. The Labute approximate surface area is 304 Å². The smallest absolute Gasteiger partial charge is 0.312 e. The Kier molecular flexibility index (Phi) is 9.10. The van der Waals surface area contributed by atoms with Crippen molar-refractivity contribution in [2.24, 2.45) is 56.7 Å². The van der Waals surface area contributed by atoms with Crippen LogP contribution in [0.1, 0.15) is 125 Å². The summed E-state index contributed by atoms with van der Waals surface area (Å²) >= 11 is 6.48. The number of fused-ring (bicyclic) bond motifs is 7. The molecule has 5 aliphatic rings. The molecule has 50 heavy (non-hydrogen) atoms. The maximum Gasteiger partial charge on any atom is 0.312 e. The maximum absolute atomic E-state index is 14.5. The highest BCUT2D eigenvalue weighted by molar-refractivity contribution is 6.32. The first-order valence-corrected chi connectivity index (χ1v) is 19.8. The van der Waals surface area contributed by atoms with E-state index in [9.17, 15) is 9.90 Å². The summed E-state index contributed by atoms with van der Waals surface area (Å²) in [6, 6.07) is 5.57. The number of hydrogen-bond donors (Lipinski definition) is 1. The van der Waals surface area contributed by atoms with Crippen LogP contribution in [-0.4, -0.2) is 38.8 Å². The van der Waals surface area contributed by atoms with Crippen LogP contribution >= 0.6 is 11.6 Å². The number of halogens is 1. The number of esters is 1. The molecule has 1 heterocycles. The van der Waals surface area contributed by atoms with Crippen LogP contribution in [-0.2, 0) is 16.1 Å². The van der Waals surface area contributed by atoms with Gasteiger partial charge >= 0.3 is 5.97 Å². The molecule has 0 bridgehead atoms. The maximum atomic E-state index is 14.5. The number of aliphatic hydroxyl groups excluding tert-OH is 1. The van der Waals surface area contributed by atoms with Gasteiger partial charge in [-0.2, -0.15) is 0 Å².